The average molecular weight is 294 g/mol. The van der Waals surface area contributed by atoms with Crippen molar-refractivity contribution < 1.29 is 14.7 Å². The third kappa shape index (κ3) is 3.62. The fourth-order valence-electron chi connectivity index (χ4n) is 2.08. The highest BCUT2D eigenvalue weighted by molar-refractivity contribution is 6.11. The van der Waals surface area contributed by atoms with E-state index in [-0.39, 0.29) is 11.7 Å². The normalized spacial score (nSPS) is 12.0. The van der Waals surface area contributed by atoms with Crippen molar-refractivity contribution in [1.29, 1.82) is 0 Å². The van der Waals surface area contributed by atoms with Crippen molar-refractivity contribution in [1.82, 2.24) is 4.98 Å². The number of nitrogens with one attached hydrogen (secondary N) is 1. The molecule has 0 bridgehead atoms. The Balaban J connectivity index is 2.92. The monoisotopic (exact) mass is 294 g/mol. The second-order valence-corrected chi connectivity index (χ2v) is 4.55. The Morgan fingerprint density at radius 1 is 1.43 bits per heavy atom. The van der Waals surface area contributed by atoms with Crippen molar-refractivity contribution in [3.8, 4) is 5.88 Å². The number of anilines is 1. The Hall–Kier alpha value is -2.31. The van der Waals surface area contributed by atoms with Crippen LogP contribution in [0.2, 0.25) is 0 Å². The molecule has 1 aromatic rings. The first-order valence-corrected chi connectivity index (χ1v) is 6.92. The Morgan fingerprint density at radius 2 is 2.10 bits per heavy atom. The predicted octanol–water partition coefficient (Wildman–Crippen LogP) is 1.97. The summed E-state index contributed by atoms with van der Waals surface area (Å²) in [6, 6.07) is 3.36. The minimum absolute atomic E-state index is 0.0936. The molecule has 0 fully saturated rings. The van der Waals surface area contributed by atoms with Gasteiger partial charge in [0.2, 0.25) is 11.8 Å². The molecule has 0 saturated carbocycles. The number of ether oxygens (including phenoxy) is 1. The van der Waals surface area contributed by atoms with E-state index in [9.17, 15) is 4.79 Å². The highest BCUT2D eigenvalue weighted by atomic mass is 16.5. The lowest BCUT2D eigenvalue weighted by molar-refractivity contribution is -0.122. The number of rotatable bonds is 7. The van der Waals surface area contributed by atoms with Crippen LogP contribution in [-0.4, -0.2) is 28.5 Å². The molecule has 1 heterocycles. The van der Waals surface area contributed by atoms with Gasteiger partial charge in [0, 0.05) is 6.07 Å². The number of pyridine rings is 1. The van der Waals surface area contributed by atoms with E-state index in [0.717, 1.165) is 0 Å². The number of nitrogens with two attached hydrogens (primary N) is 1. The zero-order valence-electron chi connectivity index (χ0n) is 12.6. The van der Waals surface area contributed by atoms with Gasteiger partial charge in [0.1, 0.15) is 5.41 Å². The smallest absolute Gasteiger partial charge is 0.238 e. The highest BCUT2D eigenvalue weighted by Crippen LogP contribution is 2.28. The highest BCUT2D eigenvalue weighted by Gasteiger charge is 2.39. The van der Waals surface area contributed by atoms with Gasteiger partial charge in [-0.05, 0) is 25.8 Å². The molecule has 0 radical (unpaired) electrons. The van der Waals surface area contributed by atoms with Gasteiger partial charge in [-0.1, -0.05) is 19.0 Å². The van der Waals surface area contributed by atoms with Crippen LogP contribution in [0.5, 0.6) is 5.88 Å². The Morgan fingerprint density at radius 3 is 2.52 bits per heavy atom. The van der Waals surface area contributed by atoms with E-state index in [4.69, 9.17) is 15.7 Å². The number of amidine groups is 1. The van der Waals surface area contributed by atoms with Crippen LogP contribution in [-0.2, 0) is 4.79 Å². The maximum absolute atomic E-state index is 12.5. The van der Waals surface area contributed by atoms with E-state index in [1.807, 2.05) is 20.8 Å². The van der Waals surface area contributed by atoms with Gasteiger partial charge in [-0.2, -0.15) is 0 Å². The maximum atomic E-state index is 12.5. The third-order valence-electron chi connectivity index (χ3n) is 3.53. The van der Waals surface area contributed by atoms with Crippen LogP contribution in [0.3, 0.4) is 0 Å². The zero-order chi connectivity index (χ0) is 15.9. The summed E-state index contributed by atoms with van der Waals surface area (Å²) in [5.41, 5.74) is 5.19. The summed E-state index contributed by atoms with van der Waals surface area (Å²) in [7, 11) is 0. The summed E-state index contributed by atoms with van der Waals surface area (Å²) >= 11 is 0. The van der Waals surface area contributed by atoms with Crippen LogP contribution < -0.4 is 15.8 Å². The summed E-state index contributed by atoms with van der Waals surface area (Å²) in [5, 5.41) is 14.6. The van der Waals surface area contributed by atoms with Gasteiger partial charge < -0.3 is 21.0 Å². The van der Waals surface area contributed by atoms with Gasteiger partial charge in [0.25, 0.3) is 0 Å². The van der Waals surface area contributed by atoms with Gasteiger partial charge in [-0.3, -0.25) is 4.79 Å². The molecule has 116 valence electrons. The quantitative estimate of drug-likeness (QED) is 0.308. The number of amides is 1. The first kappa shape index (κ1) is 16.7. The number of hydrogen-bond acceptors (Lipinski definition) is 5. The molecule has 1 rings (SSSR count). The molecule has 0 aromatic carbocycles. The van der Waals surface area contributed by atoms with Crippen LogP contribution in [0.25, 0.3) is 0 Å². The van der Waals surface area contributed by atoms with Crippen LogP contribution in [0, 0.1) is 5.41 Å². The van der Waals surface area contributed by atoms with Gasteiger partial charge >= 0.3 is 0 Å². The molecule has 0 spiro atoms. The number of carbonyl (C=O) groups is 1. The molecule has 0 saturated heterocycles. The Labute approximate surface area is 124 Å². The van der Waals surface area contributed by atoms with Crippen molar-refractivity contribution in [2.45, 2.75) is 33.6 Å². The molecular weight excluding hydrogens is 272 g/mol. The van der Waals surface area contributed by atoms with Crippen LogP contribution in [0.15, 0.2) is 23.5 Å². The molecule has 4 N–H and O–H groups in total. The zero-order valence-corrected chi connectivity index (χ0v) is 12.6. The number of nitrogens with zero attached hydrogens (tertiary/aromatic N) is 2. The van der Waals surface area contributed by atoms with Crippen molar-refractivity contribution in [3.05, 3.63) is 18.3 Å². The molecule has 1 amide bonds. The molecular formula is C14H22N4O3. The van der Waals surface area contributed by atoms with Crippen LogP contribution in [0.1, 0.15) is 33.6 Å². The summed E-state index contributed by atoms with van der Waals surface area (Å²) in [5.74, 6) is 0.0711. The van der Waals surface area contributed by atoms with Gasteiger partial charge in [-0.25, -0.2) is 4.98 Å². The summed E-state index contributed by atoms with van der Waals surface area (Å²) in [6.45, 7) is 6.03. The summed E-state index contributed by atoms with van der Waals surface area (Å²) < 4.78 is 5.24. The van der Waals surface area contributed by atoms with Gasteiger partial charge in [-0.15, -0.1) is 0 Å². The fourth-order valence-corrected chi connectivity index (χ4v) is 2.08. The minimum Gasteiger partial charge on any atom is -0.478 e. The van der Waals surface area contributed by atoms with Crippen molar-refractivity contribution >= 4 is 17.4 Å². The Bertz CT molecular complexity index is 495. The largest absolute Gasteiger partial charge is 0.478 e. The molecule has 0 atom stereocenters. The second kappa shape index (κ2) is 7.47. The molecule has 0 aliphatic carbocycles. The number of oxime groups is 1. The van der Waals surface area contributed by atoms with E-state index in [2.05, 4.69) is 15.5 Å². The first-order chi connectivity index (χ1) is 10.0. The van der Waals surface area contributed by atoms with Crippen LogP contribution in [0.4, 0.5) is 5.69 Å². The number of aromatic nitrogens is 1. The molecule has 1 aromatic heterocycles. The molecule has 7 nitrogen and oxygen atoms in total. The number of hydrogen-bond donors (Lipinski definition) is 3. The predicted molar refractivity (Wildman–Crippen MR) is 80.5 cm³/mol. The lowest BCUT2D eigenvalue weighted by Gasteiger charge is -2.28. The number of carbonyl (C=O) groups excluding carboxylic acids is 1. The second-order valence-electron chi connectivity index (χ2n) is 4.55. The standard InChI is InChI=1S/C14H22N4O3/c1-4-14(5-2,12(15)18-20)13(19)17-10-7-8-11(16-9-10)21-6-3/h7-9,20H,4-6H2,1-3H3,(H2,15,18)(H,17,19). The first-order valence-electron chi connectivity index (χ1n) is 6.92. The molecule has 0 unspecified atom stereocenters. The van der Waals surface area contributed by atoms with E-state index in [0.29, 0.717) is 31.0 Å². The molecule has 21 heavy (non-hydrogen) atoms. The van der Waals surface area contributed by atoms with Crippen molar-refractivity contribution in [2.24, 2.45) is 16.3 Å². The minimum atomic E-state index is -1.03. The fraction of sp³-hybridized carbons (Fsp3) is 0.500. The SMILES string of the molecule is CCOc1ccc(NC(=O)C(CC)(CC)/C(N)=N/O)cn1. The lowest BCUT2D eigenvalue weighted by atomic mass is 9.80. The Kier molecular flexibility index (Phi) is 5.95. The maximum Gasteiger partial charge on any atom is 0.238 e. The van der Waals surface area contributed by atoms with E-state index < -0.39 is 5.41 Å². The molecule has 0 aliphatic heterocycles. The summed E-state index contributed by atoms with van der Waals surface area (Å²) in [4.78, 5) is 16.5. The molecule has 0 aliphatic rings. The lowest BCUT2D eigenvalue weighted by Crippen LogP contribution is -2.46. The third-order valence-corrected chi connectivity index (χ3v) is 3.53. The van der Waals surface area contributed by atoms with E-state index >= 15 is 0 Å². The molecule has 7 heteroatoms. The topological polar surface area (TPSA) is 110 Å². The average Bonchev–Trinajstić information content (AvgIpc) is 2.51. The van der Waals surface area contributed by atoms with Crippen molar-refractivity contribution in [3.63, 3.8) is 0 Å². The van der Waals surface area contributed by atoms with Crippen LogP contribution >= 0.6 is 0 Å². The summed E-state index contributed by atoms with van der Waals surface area (Å²) in [6.07, 6.45) is 2.36. The van der Waals surface area contributed by atoms with Crippen molar-refractivity contribution in [2.75, 3.05) is 11.9 Å². The van der Waals surface area contributed by atoms with E-state index in [1.54, 1.807) is 12.1 Å². The van der Waals surface area contributed by atoms with Gasteiger partial charge in [0.05, 0.1) is 18.5 Å². The van der Waals surface area contributed by atoms with E-state index in [1.165, 1.54) is 6.20 Å². The van der Waals surface area contributed by atoms with Gasteiger partial charge in [0.15, 0.2) is 5.84 Å².